The van der Waals surface area contributed by atoms with Crippen LogP contribution in [0, 0.1) is 5.82 Å². The molecule has 4 aromatic rings. The van der Waals surface area contributed by atoms with Crippen LogP contribution in [-0.4, -0.2) is 21.5 Å². The van der Waals surface area contributed by atoms with E-state index in [0.29, 0.717) is 21.9 Å². The van der Waals surface area contributed by atoms with Crippen molar-refractivity contribution in [2.75, 3.05) is 0 Å². The molecule has 1 aromatic heterocycles. The van der Waals surface area contributed by atoms with E-state index in [9.17, 15) is 18.8 Å². The summed E-state index contributed by atoms with van der Waals surface area (Å²) in [6.45, 7) is 0. The Labute approximate surface area is 170 Å². The van der Waals surface area contributed by atoms with Crippen molar-refractivity contribution >= 4 is 22.5 Å². The Morgan fingerprint density at radius 1 is 0.867 bits per heavy atom. The van der Waals surface area contributed by atoms with Crippen LogP contribution in [0.3, 0.4) is 0 Å². The number of esters is 1. The number of aromatic nitrogens is 2. The van der Waals surface area contributed by atoms with Gasteiger partial charge in [0.05, 0.1) is 5.39 Å². The zero-order valence-corrected chi connectivity index (χ0v) is 15.8. The molecule has 0 unspecified atom stereocenters. The smallest absolute Gasteiger partial charge is 0.364 e. The molecule has 0 saturated heterocycles. The molecular formula is C23H15FN2O4. The van der Waals surface area contributed by atoms with Gasteiger partial charge in [-0.25, -0.2) is 13.9 Å². The number of ether oxygens (including phenoxy) is 1. The molecule has 0 aliphatic carbocycles. The van der Waals surface area contributed by atoms with Gasteiger partial charge in [-0.05, 0) is 54.6 Å². The molecule has 148 valence electrons. The van der Waals surface area contributed by atoms with E-state index in [2.05, 4.69) is 5.10 Å². The Bertz CT molecular complexity index is 1330. The Morgan fingerprint density at radius 3 is 2.07 bits per heavy atom. The molecule has 3 aromatic carbocycles. The van der Waals surface area contributed by atoms with E-state index in [4.69, 9.17) is 4.74 Å². The van der Waals surface area contributed by atoms with Crippen molar-refractivity contribution in [1.82, 2.24) is 9.78 Å². The highest BCUT2D eigenvalue weighted by Gasteiger charge is 2.18. The van der Waals surface area contributed by atoms with E-state index in [1.54, 1.807) is 24.3 Å². The third-order valence-corrected chi connectivity index (χ3v) is 4.58. The molecule has 0 aliphatic heterocycles. The van der Waals surface area contributed by atoms with Crippen molar-refractivity contribution in [3.63, 3.8) is 0 Å². The molecule has 1 heterocycles. The van der Waals surface area contributed by atoms with Crippen molar-refractivity contribution in [2.45, 2.75) is 0 Å². The van der Waals surface area contributed by atoms with E-state index in [1.807, 2.05) is 0 Å². The Hall–Kier alpha value is -4.13. The molecule has 0 N–H and O–H groups in total. The maximum atomic E-state index is 13.0. The van der Waals surface area contributed by atoms with Crippen molar-refractivity contribution in [3.05, 3.63) is 106 Å². The van der Waals surface area contributed by atoms with Gasteiger partial charge in [-0.2, -0.15) is 5.10 Å². The van der Waals surface area contributed by atoms with Crippen LogP contribution >= 0.6 is 0 Å². The number of ketones is 1. The maximum Gasteiger partial charge on any atom is 0.364 e. The lowest BCUT2D eigenvalue weighted by Gasteiger charge is -2.08. The molecule has 30 heavy (non-hydrogen) atoms. The zero-order chi connectivity index (χ0) is 21.3. The molecule has 0 aliphatic rings. The quantitative estimate of drug-likeness (QED) is 0.297. The SMILES string of the molecule is Cn1nc(C(=O)Oc2ccc(C(=O)c3ccc(F)cc3)cc2)c2ccccc2c1=O. The second kappa shape index (κ2) is 7.71. The Balaban J connectivity index is 1.58. The number of benzene rings is 3. The monoisotopic (exact) mass is 402 g/mol. The summed E-state index contributed by atoms with van der Waals surface area (Å²) in [4.78, 5) is 37.3. The van der Waals surface area contributed by atoms with E-state index < -0.39 is 11.8 Å². The molecule has 7 heteroatoms. The standard InChI is InChI=1S/C23H15FN2O4/c1-26-22(28)19-5-3-2-4-18(19)20(25-26)23(29)30-17-12-8-15(9-13-17)21(27)14-6-10-16(24)11-7-14/h2-13H,1H3. The highest BCUT2D eigenvalue weighted by Crippen LogP contribution is 2.19. The van der Waals surface area contributed by atoms with Crippen LogP contribution in [0.4, 0.5) is 4.39 Å². The summed E-state index contributed by atoms with van der Waals surface area (Å²) in [5, 5.41) is 4.79. The average molecular weight is 402 g/mol. The van der Waals surface area contributed by atoms with Crippen LogP contribution < -0.4 is 10.3 Å². The molecule has 4 rings (SSSR count). The molecule has 0 bridgehead atoms. The number of rotatable bonds is 4. The molecule has 6 nitrogen and oxygen atoms in total. The molecule has 0 atom stereocenters. The van der Waals surface area contributed by atoms with Gasteiger partial charge < -0.3 is 4.74 Å². The molecule has 0 fully saturated rings. The van der Waals surface area contributed by atoms with Gasteiger partial charge in [0.1, 0.15) is 11.6 Å². The normalized spacial score (nSPS) is 10.7. The van der Waals surface area contributed by atoms with Gasteiger partial charge in [-0.15, -0.1) is 0 Å². The second-order valence-corrected chi connectivity index (χ2v) is 6.57. The number of carbonyl (C=O) groups is 2. The van der Waals surface area contributed by atoms with Gasteiger partial charge in [0, 0.05) is 23.6 Å². The summed E-state index contributed by atoms with van der Waals surface area (Å²) in [5.74, 6) is -1.21. The lowest BCUT2D eigenvalue weighted by molar-refractivity contribution is 0.0728. The average Bonchev–Trinajstić information content (AvgIpc) is 2.77. The number of hydrogen-bond acceptors (Lipinski definition) is 5. The fourth-order valence-electron chi connectivity index (χ4n) is 3.05. The van der Waals surface area contributed by atoms with E-state index in [0.717, 1.165) is 4.68 Å². The summed E-state index contributed by atoms with van der Waals surface area (Å²) < 4.78 is 19.5. The van der Waals surface area contributed by atoms with E-state index >= 15 is 0 Å². The summed E-state index contributed by atoms with van der Waals surface area (Å²) in [5.41, 5.74) is 0.416. The van der Waals surface area contributed by atoms with E-state index in [1.165, 1.54) is 55.6 Å². The first-order chi connectivity index (χ1) is 14.4. The second-order valence-electron chi connectivity index (χ2n) is 6.57. The minimum atomic E-state index is -0.723. The van der Waals surface area contributed by atoms with Gasteiger partial charge in [0.15, 0.2) is 11.5 Å². The van der Waals surface area contributed by atoms with Crippen molar-refractivity contribution in [1.29, 1.82) is 0 Å². The van der Waals surface area contributed by atoms with Crippen LogP contribution in [0.25, 0.3) is 10.8 Å². The van der Waals surface area contributed by atoms with Gasteiger partial charge in [0.2, 0.25) is 0 Å². The number of fused-ring (bicyclic) bond motifs is 1. The molecule has 0 radical (unpaired) electrons. The zero-order valence-electron chi connectivity index (χ0n) is 15.8. The van der Waals surface area contributed by atoms with Gasteiger partial charge in [-0.3, -0.25) is 9.59 Å². The largest absolute Gasteiger partial charge is 0.422 e. The van der Waals surface area contributed by atoms with Crippen molar-refractivity contribution in [2.24, 2.45) is 7.05 Å². The lowest BCUT2D eigenvalue weighted by atomic mass is 10.0. The molecule has 0 saturated carbocycles. The number of aryl methyl sites for hydroxylation is 1. The van der Waals surface area contributed by atoms with Gasteiger partial charge in [-0.1, -0.05) is 18.2 Å². The molecular weight excluding hydrogens is 387 g/mol. The number of hydrogen-bond donors (Lipinski definition) is 0. The summed E-state index contributed by atoms with van der Waals surface area (Å²) in [6, 6.07) is 17.9. The van der Waals surface area contributed by atoms with Crippen LogP contribution in [0.15, 0.2) is 77.6 Å². The van der Waals surface area contributed by atoms with E-state index in [-0.39, 0.29) is 22.8 Å². The minimum Gasteiger partial charge on any atom is -0.422 e. The number of carbonyl (C=O) groups excluding carboxylic acids is 2. The first kappa shape index (κ1) is 19.2. The minimum absolute atomic E-state index is 0.0131. The fourth-order valence-corrected chi connectivity index (χ4v) is 3.05. The third-order valence-electron chi connectivity index (χ3n) is 4.58. The Morgan fingerprint density at radius 2 is 1.43 bits per heavy atom. The van der Waals surface area contributed by atoms with Crippen LogP contribution in [0.1, 0.15) is 26.4 Å². The predicted octanol–water partition coefficient (Wildman–Crippen LogP) is 3.52. The third kappa shape index (κ3) is 3.60. The van der Waals surface area contributed by atoms with Crippen molar-refractivity contribution in [3.8, 4) is 5.75 Å². The first-order valence-electron chi connectivity index (χ1n) is 9.02. The van der Waals surface area contributed by atoms with Crippen LogP contribution in [-0.2, 0) is 7.05 Å². The fraction of sp³-hybridized carbons (Fsp3) is 0.0435. The van der Waals surface area contributed by atoms with Crippen LogP contribution in [0.2, 0.25) is 0 Å². The number of halogens is 1. The molecule has 0 spiro atoms. The number of nitrogens with zero attached hydrogens (tertiary/aromatic N) is 2. The summed E-state index contributed by atoms with van der Waals surface area (Å²) >= 11 is 0. The maximum absolute atomic E-state index is 13.0. The topological polar surface area (TPSA) is 78.3 Å². The van der Waals surface area contributed by atoms with Crippen molar-refractivity contribution < 1.29 is 18.7 Å². The highest BCUT2D eigenvalue weighted by molar-refractivity contribution is 6.09. The van der Waals surface area contributed by atoms with Crippen LogP contribution in [0.5, 0.6) is 5.75 Å². The van der Waals surface area contributed by atoms with Gasteiger partial charge >= 0.3 is 5.97 Å². The predicted molar refractivity (Wildman–Crippen MR) is 108 cm³/mol. The highest BCUT2D eigenvalue weighted by atomic mass is 19.1. The Kier molecular flexibility index (Phi) is 4.93. The summed E-state index contributed by atoms with van der Waals surface area (Å²) in [6.07, 6.45) is 0. The lowest BCUT2D eigenvalue weighted by Crippen LogP contribution is -2.24. The van der Waals surface area contributed by atoms with Gasteiger partial charge in [0.25, 0.3) is 5.56 Å². The molecule has 0 amide bonds. The summed E-state index contributed by atoms with van der Waals surface area (Å²) in [7, 11) is 1.46. The first-order valence-corrected chi connectivity index (χ1v) is 9.02.